The number of carbonyl (C=O) groups is 1. The van der Waals surface area contributed by atoms with Crippen molar-refractivity contribution < 1.29 is 30.0 Å². The second-order valence-corrected chi connectivity index (χ2v) is 12.0. The van der Waals surface area contributed by atoms with Crippen LogP contribution in [0, 0.1) is 16.9 Å². The fraction of sp³-hybridized carbons (Fsp3) is 0.250. The van der Waals surface area contributed by atoms with E-state index in [4.69, 9.17) is 4.98 Å². The molecule has 5 aromatic rings. The Kier molecular flexibility index (Phi) is 8.74. The number of ketones is 1. The van der Waals surface area contributed by atoms with Gasteiger partial charge < -0.3 is 5.11 Å². The van der Waals surface area contributed by atoms with Gasteiger partial charge in [-0.15, -0.1) is 23.8 Å². The van der Waals surface area contributed by atoms with Gasteiger partial charge in [0.2, 0.25) is 0 Å². The molecule has 5 heteroatoms. The summed E-state index contributed by atoms with van der Waals surface area (Å²) in [7, 11) is 0. The second kappa shape index (κ2) is 11.3. The molecule has 0 saturated carbocycles. The Labute approximate surface area is 236 Å². The fourth-order valence-corrected chi connectivity index (χ4v) is 4.85. The summed E-state index contributed by atoms with van der Waals surface area (Å²) in [4.78, 5) is 16.3. The fourth-order valence-electron chi connectivity index (χ4n) is 3.64. The van der Waals surface area contributed by atoms with Gasteiger partial charge in [-0.1, -0.05) is 95.5 Å². The van der Waals surface area contributed by atoms with Crippen molar-refractivity contribution in [2.75, 3.05) is 0 Å². The van der Waals surface area contributed by atoms with Crippen LogP contribution in [0.3, 0.4) is 0 Å². The molecule has 0 saturated heterocycles. The SMILES string of the molecule is CC(C)(C)C(=O)/C=C(\O)C(C)(C)C.[Ir].[c-]1ccc2c(sc3ccccc32)c1-c1ccc2ccccc2n1. The number of thiophene rings is 1. The number of fused-ring (bicyclic) bond motifs is 4. The maximum Gasteiger partial charge on any atom is 0.164 e. The smallest absolute Gasteiger partial charge is 0.164 e. The van der Waals surface area contributed by atoms with Crippen molar-refractivity contribution in [1.82, 2.24) is 4.98 Å². The average Bonchev–Trinajstić information content (AvgIpc) is 3.22. The average molecular weight is 687 g/mol. The van der Waals surface area contributed by atoms with E-state index in [0.717, 1.165) is 16.8 Å². The standard InChI is InChI=1S/C21H12NS.C11H20O2.Ir/c1-3-10-18-14(6-1)12-13-19(22-18)17-9-5-8-16-15-7-2-4-11-20(15)23-21(16)17;1-10(2,3)8(12)7-9(13)11(4,5)6;/h1-8,10-13H;7,12H,1-6H3;/q-1;;/b;8-7-;. The molecule has 193 valence electrons. The first-order valence-electron chi connectivity index (χ1n) is 12.1. The number of carbonyl (C=O) groups excluding carboxylic acids is 1. The van der Waals surface area contributed by atoms with Crippen molar-refractivity contribution in [3.8, 4) is 11.3 Å². The number of hydrogen-bond donors (Lipinski definition) is 1. The van der Waals surface area contributed by atoms with Gasteiger partial charge in [0.25, 0.3) is 0 Å². The van der Waals surface area contributed by atoms with E-state index >= 15 is 0 Å². The maximum absolute atomic E-state index is 11.5. The van der Waals surface area contributed by atoms with E-state index in [0.29, 0.717) is 0 Å². The Hall–Kier alpha value is -2.85. The Morgan fingerprint density at radius 1 is 0.865 bits per heavy atom. The van der Waals surface area contributed by atoms with Crippen LogP contribution in [0.15, 0.2) is 84.6 Å². The predicted molar refractivity (Wildman–Crippen MR) is 154 cm³/mol. The monoisotopic (exact) mass is 687 g/mol. The summed E-state index contributed by atoms with van der Waals surface area (Å²) in [6.45, 7) is 11.1. The summed E-state index contributed by atoms with van der Waals surface area (Å²) in [6, 6.07) is 28.6. The van der Waals surface area contributed by atoms with Crippen LogP contribution in [0.2, 0.25) is 0 Å². The molecule has 1 N–H and O–H groups in total. The van der Waals surface area contributed by atoms with Crippen molar-refractivity contribution in [3.63, 3.8) is 0 Å². The van der Waals surface area contributed by atoms with Crippen LogP contribution in [0.1, 0.15) is 41.5 Å². The van der Waals surface area contributed by atoms with Gasteiger partial charge in [0.05, 0.1) is 5.52 Å². The normalized spacial score (nSPS) is 12.2. The zero-order valence-corrected chi connectivity index (χ0v) is 25.3. The molecule has 5 rings (SSSR count). The van der Waals surface area contributed by atoms with Crippen molar-refractivity contribution in [3.05, 3.63) is 90.7 Å². The topological polar surface area (TPSA) is 50.2 Å². The van der Waals surface area contributed by atoms with Gasteiger partial charge in [-0.05, 0) is 33.3 Å². The third kappa shape index (κ3) is 6.54. The van der Waals surface area contributed by atoms with Gasteiger partial charge in [0.1, 0.15) is 5.76 Å². The molecule has 37 heavy (non-hydrogen) atoms. The Balaban J connectivity index is 0.000000237. The molecular formula is C32H32IrNO2S-. The van der Waals surface area contributed by atoms with E-state index in [1.807, 2.05) is 71.1 Å². The minimum absolute atomic E-state index is 0. The number of aliphatic hydroxyl groups excluding tert-OH is 1. The van der Waals surface area contributed by atoms with Crippen LogP contribution < -0.4 is 0 Å². The number of benzene rings is 3. The minimum Gasteiger partial charge on any atom is -0.512 e. The number of nitrogens with zero attached hydrogens (tertiary/aromatic N) is 1. The number of hydrogen-bond acceptors (Lipinski definition) is 4. The van der Waals surface area contributed by atoms with Gasteiger partial charge in [0, 0.05) is 41.7 Å². The summed E-state index contributed by atoms with van der Waals surface area (Å²) in [6.07, 6.45) is 1.33. The molecule has 0 spiro atoms. The number of para-hydroxylation sites is 1. The van der Waals surface area contributed by atoms with Crippen molar-refractivity contribution in [2.24, 2.45) is 10.8 Å². The number of aromatic nitrogens is 1. The van der Waals surface area contributed by atoms with E-state index < -0.39 is 5.41 Å². The first-order valence-corrected chi connectivity index (χ1v) is 12.9. The van der Waals surface area contributed by atoms with Gasteiger partial charge in [-0.3, -0.25) is 9.78 Å². The van der Waals surface area contributed by atoms with Crippen molar-refractivity contribution in [2.45, 2.75) is 41.5 Å². The molecule has 0 bridgehead atoms. The van der Waals surface area contributed by atoms with Crippen molar-refractivity contribution in [1.29, 1.82) is 0 Å². The summed E-state index contributed by atoms with van der Waals surface area (Å²) in [5.74, 6) is 0.104. The van der Waals surface area contributed by atoms with Gasteiger partial charge >= 0.3 is 0 Å². The van der Waals surface area contributed by atoms with Gasteiger partial charge in [-0.25, -0.2) is 0 Å². The molecule has 0 atom stereocenters. The summed E-state index contributed by atoms with van der Waals surface area (Å²) < 4.78 is 2.57. The molecule has 1 radical (unpaired) electrons. The second-order valence-electron chi connectivity index (χ2n) is 11.0. The predicted octanol–water partition coefficient (Wildman–Crippen LogP) is 9.16. The quantitative estimate of drug-likeness (QED) is 0.115. The largest absolute Gasteiger partial charge is 0.512 e. The number of aliphatic hydroxyl groups is 1. The molecule has 3 aromatic carbocycles. The zero-order chi connectivity index (χ0) is 26.1. The number of allylic oxidation sites excluding steroid dienone is 2. The molecule has 0 aliphatic heterocycles. The molecular weight excluding hydrogens is 655 g/mol. The van der Waals surface area contributed by atoms with Crippen molar-refractivity contribution >= 4 is 48.2 Å². The molecule has 2 heterocycles. The molecule has 2 aromatic heterocycles. The third-order valence-electron chi connectivity index (χ3n) is 5.97. The number of rotatable bonds is 2. The number of pyridine rings is 1. The van der Waals surface area contributed by atoms with Crippen LogP contribution in [0.25, 0.3) is 42.3 Å². The van der Waals surface area contributed by atoms with Crippen LogP contribution >= 0.6 is 11.3 Å². The van der Waals surface area contributed by atoms with Gasteiger partial charge in [0.15, 0.2) is 5.78 Å². The van der Waals surface area contributed by atoms with Crippen LogP contribution in [-0.4, -0.2) is 15.9 Å². The van der Waals surface area contributed by atoms with Crippen LogP contribution in [0.4, 0.5) is 0 Å². The van der Waals surface area contributed by atoms with E-state index in [9.17, 15) is 9.90 Å². The van der Waals surface area contributed by atoms with E-state index in [1.165, 1.54) is 31.6 Å². The maximum atomic E-state index is 11.5. The Bertz CT molecular complexity index is 1590. The molecule has 0 aliphatic rings. The molecule has 0 amide bonds. The molecule has 3 nitrogen and oxygen atoms in total. The molecule has 0 aliphatic carbocycles. The van der Waals surface area contributed by atoms with Gasteiger partial charge in [-0.2, -0.15) is 11.3 Å². The van der Waals surface area contributed by atoms with E-state index in [1.54, 1.807) is 0 Å². The van der Waals surface area contributed by atoms with Crippen LogP contribution in [0.5, 0.6) is 0 Å². The first-order chi connectivity index (χ1) is 16.9. The Morgan fingerprint density at radius 3 is 2.24 bits per heavy atom. The minimum atomic E-state index is -0.417. The third-order valence-corrected chi connectivity index (χ3v) is 7.17. The van der Waals surface area contributed by atoms with E-state index in [2.05, 4.69) is 60.7 Å². The summed E-state index contributed by atoms with van der Waals surface area (Å²) >= 11 is 1.82. The Morgan fingerprint density at radius 2 is 1.54 bits per heavy atom. The van der Waals surface area contributed by atoms with Crippen LogP contribution in [-0.2, 0) is 24.9 Å². The summed E-state index contributed by atoms with van der Waals surface area (Å²) in [5.41, 5.74) is 2.34. The molecule has 0 unspecified atom stereocenters. The molecule has 0 fully saturated rings. The first kappa shape index (κ1) is 28.7. The van der Waals surface area contributed by atoms with E-state index in [-0.39, 0.29) is 37.1 Å². The summed E-state index contributed by atoms with van der Waals surface area (Å²) in [5, 5.41) is 13.3. The zero-order valence-electron chi connectivity index (χ0n) is 22.0.